The van der Waals surface area contributed by atoms with Gasteiger partial charge >= 0.3 is 5.97 Å². The molecule has 2 atom stereocenters. The second kappa shape index (κ2) is 17.2. The van der Waals surface area contributed by atoms with Crippen molar-refractivity contribution in [3.8, 4) is 5.75 Å². The summed E-state index contributed by atoms with van der Waals surface area (Å²) in [7, 11) is 2.93. The first-order valence-electron chi connectivity index (χ1n) is 17.1. The molecule has 6 rings (SSSR count). The van der Waals surface area contributed by atoms with Gasteiger partial charge in [0.05, 0.1) is 19.8 Å². The molecule has 0 saturated carbocycles. The van der Waals surface area contributed by atoms with Crippen LogP contribution in [0.15, 0.2) is 120 Å². The van der Waals surface area contributed by atoms with Crippen molar-refractivity contribution in [3.63, 3.8) is 0 Å². The standard InChI is InChI=1S/C42H39N3O6S2/c1-26-17-22-33-35(23-26)53-41(36(33)42(49)51-3)45-40(48)37(28-11-6-4-7-12-28)52-32-16-10-15-30(25-32)43-39(47)34(24-27-18-20-31(50-2)21-19-27)44-38(46)29-13-8-5-9-14-29/h4-16,18-21,24-26,37H,17,22-23H2,1-3H3,(H,43,47)(H,44,46)(H,45,48)/b34-24+. The van der Waals surface area contributed by atoms with E-state index in [1.807, 2.05) is 42.5 Å². The summed E-state index contributed by atoms with van der Waals surface area (Å²) in [6.45, 7) is 2.19. The zero-order valence-electron chi connectivity index (χ0n) is 29.5. The van der Waals surface area contributed by atoms with Gasteiger partial charge in [0.2, 0.25) is 5.91 Å². The minimum absolute atomic E-state index is 0.0399. The number of hydrogen-bond donors (Lipinski definition) is 3. The van der Waals surface area contributed by atoms with Crippen LogP contribution < -0.4 is 20.7 Å². The monoisotopic (exact) mass is 745 g/mol. The molecule has 9 nitrogen and oxygen atoms in total. The molecule has 0 spiro atoms. The number of methoxy groups -OCH3 is 2. The van der Waals surface area contributed by atoms with Gasteiger partial charge in [0.15, 0.2) is 0 Å². The van der Waals surface area contributed by atoms with Gasteiger partial charge in [0.1, 0.15) is 21.7 Å². The van der Waals surface area contributed by atoms with Crippen molar-refractivity contribution in [3.05, 3.63) is 148 Å². The lowest BCUT2D eigenvalue weighted by atomic mass is 9.88. The van der Waals surface area contributed by atoms with Crippen molar-refractivity contribution < 1.29 is 28.7 Å². The van der Waals surface area contributed by atoms with Crippen LogP contribution in [0.3, 0.4) is 0 Å². The molecule has 0 radical (unpaired) electrons. The van der Waals surface area contributed by atoms with Crippen LogP contribution in [0.5, 0.6) is 5.75 Å². The van der Waals surface area contributed by atoms with E-state index in [4.69, 9.17) is 9.47 Å². The van der Waals surface area contributed by atoms with E-state index < -0.39 is 23.0 Å². The number of carbonyl (C=O) groups is 4. The molecule has 1 aliphatic carbocycles. The Morgan fingerprint density at radius 2 is 1.58 bits per heavy atom. The summed E-state index contributed by atoms with van der Waals surface area (Å²) in [4.78, 5) is 55.8. The number of rotatable bonds is 12. The number of thioether (sulfide) groups is 1. The first-order chi connectivity index (χ1) is 25.7. The lowest BCUT2D eigenvalue weighted by Crippen LogP contribution is -2.30. The molecule has 3 amide bonds. The number of ether oxygens (including phenoxy) is 2. The van der Waals surface area contributed by atoms with E-state index in [0.717, 1.165) is 35.3 Å². The second-order valence-electron chi connectivity index (χ2n) is 12.6. The number of esters is 1. The predicted octanol–water partition coefficient (Wildman–Crippen LogP) is 8.55. The van der Waals surface area contributed by atoms with Crippen LogP contribution in [-0.2, 0) is 27.2 Å². The lowest BCUT2D eigenvalue weighted by Gasteiger charge is -2.18. The van der Waals surface area contributed by atoms with Gasteiger partial charge in [-0.15, -0.1) is 23.1 Å². The van der Waals surface area contributed by atoms with E-state index in [9.17, 15) is 19.2 Å². The quantitative estimate of drug-likeness (QED) is 0.0665. The third kappa shape index (κ3) is 9.24. The lowest BCUT2D eigenvalue weighted by molar-refractivity contribution is -0.116. The third-order valence-electron chi connectivity index (χ3n) is 8.78. The van der Waals surface area contributed by atoms with E-state index >= 15 is 0 Å². The van der Waals surface area contributed by atoms with Crippen molar-refractivity contribution in [2.24, 2.45) is 5.92 Å². The van der Waals surface area contributed by atoms with Crippen molar-refractivity contribution in [2.45, 2.75) is 36.3 Å². The maximum absolute atomic E-state index is 14.1. The molecular weight excluding hydrogens is 707 g/mol. The molecule has 0 fully saturated rings. The Balaban J connectivity index is 1.25. The molecule has 270 valence electrons. The zero-order chi connectivity index (χ0) is 37.3. The van der Waals surface area contributed by atoms with E-state index in [1.165, 1.54) is 30.2 Å². The number of carbonyl (C=O) groups excluding carboxylic acids is 4. The molecule has 11 heteroatoms. The number of nitrogens with one attached hydrogen (secondary N) is 3. The molecule has 1 aromatic heterocycles. The van der Waals surface area contributed by atoms with Crippen LogP contribution in [-0.4, -0.2) is 37.9 Å². The topological polar surface area (TPSA) is 123 Å². The number of benzene rings is 4. The van der Waals surface area contributed by atoms with Crippen molar-refractivity contribution in [1.82, 2.24) is 5.32 Å². The highest BCUT2D eigenvalue weighted by Crippen LogP contribution is 2.42. The van der Waals surface area contributed by atoms with Gasteiger partial charge in [-0.3, -0.25) is 14.4 Å². The fraction of sp³-hybridized carbons (Fsp3) is 0.190. The van der Waals surface area contributed by atoms with Crippen LogP contribution in [0, 0.1) is 5.92 Å². The number of amides is 3. The van der Waals surface area contributed by atoms with Gasteiger partial charge in [0, 0.05) is 21.0 Å². The molecule has 0 aliphatic heterocycles. The Hall–Kier alpha value is -5.65. The van der Waals surface area contributed by atoms with Crippen LogP contribution >= 0.6 is 23.1 Å². The first kappa shape index (κ1) is 37.1. The highest BCUT2D eigenvalue weighted by Gasteiger charge is 2.31. The SMILES string of the molecule is COC(=O)c1c(NC(=O)C(Sc2cccc(NC(=O)/C(=C\c3ccc(OC)cc3)NC(=O)c3ccccc3)c2)c2ccccc2)sc2c1CCC(C)C2. The molecule has 3 N–H and O–H groups in total. The Labute approximate surface area is 316 Å². The third-order valence-corrected chi connectivity index (χ3v) is 11.2. The van der Waals surface area contributed by atoms with Crippen LogP contribution in [0.2, 0.25) is 0 Å². The maximum Gasteiger partial charge on any atom is 0.341 e. The fourth-order valence-corrected chi connectivity index (χ4v) is 8.51. The molecular formula is C42H39N3O6S2. The molecule has 0 bridgehead atoms. The fourth-order valence-electron chi connectivity index (χ4n) is 6.03. The largest absolute Gasteiger partial charge is 0.497 e. The number of hydrogen-bond acceptors (Lipinski definition) is 8. The average molecular weight is 746 g/mol. The summed E-state index contributed by atoms with van der Waals surface area (Å²) in [5.74, 6) is -0.564. The highest BCUT2D eigenvalue weighted by atomic mass is 32.2. The Bertz CT molecular complexity index is 2130. The number of anilines is 2. The summed E-state index contributed by atoms with van der Waals surface area (Å²) in [5.41, 5.74) is 3.76. The smallest absolute Gasteiger partial charge is 0.341 e. The van der Waals surface area contributed by atoms with Gasteiger partial charge in [0.25, 0.3) is 11.8 Å². The molecule has 1 aliphatic rings. The van der Waals surface area contributed by atoms with E-state index in [2.05, 4.69) is 22.9 Å². The average Bonchev–Trinajstić information content (AvgIpc) is 3.53. The number of fused-ring (bicyclic) bond motifs is 1. The summed E-state index contributed by atoms with van der Waals surface area (Å²) in [6, 6.07) is 32.3. The van der Waals surface area contributed by atoms with Crippen molar-refractivity contribution in [1.29, 1.82) is 0 Å². The predicted molar refractivity (Wildman–Crippen MR) is 210 cm³/mol. The molecule has 5 aromatic rings. The van der Waals surface area contributed by atoms with E-state index in [-0.39, 0.29) is 11.6 Å². The molecule has 0 saturated heterocycles. The number of thiophene rings is 1. The minimum atomic E-state index is -0.693. The van der Waals surface area contributed by atoms with Crippen molar-refractivity contribution >= 4 is 63.6 Å². The van der Waals surface area contributed by atoms with Gasteiger partial charge in [-0.25, -0.2) is 4.79 Å². The summed E-state index contributed by atoms with van der Waals surface area (Å²) >= 11 is 2.76. The summed E-state index contributed by atoms with van der Waals surface area (Å²) in [5, 5.41) is 8.55. The van der Waals surface area contributed by atoms with Crippen LogP contribution in [0.25, 0.3) is 6.08 Å². The van der Waals surface area contributed by atoms with Gasteiger partial charge in [-0.05, 0) is 90.4 Å². The zero-order valence-corrected chi connectivity index (χ0v) is 31.1. The Morgan fingerprint density at radius 1 is 0.868 bits per heavy atom. The Kier molecular flexibility index (Phi) is 12.1. The van der Waals surface area contributed by atoms with E-state index in [1.54, 1.807) is 79.9 Å². The molecule has 1 heterocycles. The summed E-state index contributed by atoms with van der Waals surface area (Å²) in [6.07, 6.45) is 4.17. The van der Waals surface area contributed by atoms with Gasteiger partial charge < -0.3 is 25.4 Å². The Morgan fingerprint density at radius 3 is 2.28 bits per heavy atom. The van der Waals surface area contributed by atoms with Crippen LogP contribution in [0.1, 0.15) is 60.9 Å². The first-order valence-corrected chi connectivity index (χ1v) is 18.8. The summed E-state index contributed by atoms with van der Waals surface area (Å²) < 4.78 is 10.4. The van der Waals surface area contributed by atoms with Crippen molar-refractivity contribution in [2.75, 3.05) is 24.9 Å². The van der Waals surface area contributed by atoms with Crippen LogP contribution in [0.4, 0.5) is 10.7 Å². The van der Waals surface area contributed by atoms with E-state index in [0.29, 0.717) is 43.9 Å². The molecule has 2 unspecified atom stereocenters. The highest BCUT2D eigenvalue weighted by molar-refractivity contribution is 8.00. The molecule has 4 aromatic carbocycles. The minimum Gasteiger partial charge on any atom is -0.497 e. The normalized spacial score (nSPS) is 14.3. The van der Waals surface area contributed by atoms with Gasteiger partial charge in [-0.2, -0.15) is 0 Å². The second-order valence-corrected chi connectivity index (χ2v) is 14.9. The van der Waals surface area contributed by atoms with Gasteiger partial charge in [-0.1, -0.05) is 73.7 Å². The maximum atomic E-state index is 14.1. The molecule has 53 heavy (non-hydrogen) atoms.